The molecule has 4 nitrogen and oxygen atoms in total. The zero-order valence-electron chi connectivity index (χ0n) is 7.36. The average Bonchev–Trinajstić information content (AvgIpc) is 2.60. The predicted molar refractivity (Wildman–Crippen MR) is 43.7 cm³/mol. The summed E-state index contributed by atoms with van der Waals surface area (Å²) < 4.78 is 9.98. The van der Waals surface area contributed by atoms with Crippen LogP contribution in [-0.4, -0.2) is 16.5 Å². The molecule has 0 bridgehead atoms. The first-order valence-electron chi connectivity index (χ1n) is 4.26. The first-order chi connectivity index (χ1) is 6.18. The Balaban J connectivity index is 2.47. The van der Waals surface area contributed by atoms with Crippen molar-refractivity contribution >= 4 is 0 Å². The highest BCUT2D eigenvalue weighted by atomic mass is 16.6. The van der Waals surface area contributed by atoms with Crippen LogP contribution < -0.4 is 0 Å². The lowest BCUT2D eigenvalue weighted by molar-refractivity contribution is -0.236. The lowest BCUT2D eigenvalue weighted by Gasteiger charge is -2.35. The van der Waals surface area contributed by atoms with Gasteiger partial charge in [0.25, 0.3) is 0 Å². The molecule has 2 unspecified atom stereocenters. The number of hydrogen-bond donors (Lipinski definition) is 2. The Hall–Kier alpha value is -0.840. The minimum absolute atomic E-state index is 0.287. The van der Waals surface area contributed by atoms with Crippen LogP contribution in [0, 0.1) is 0 Å². The quantitative estimate of drug-likeness (QED) is 0.675. The molecular weight excluding hydrogens is 172 g/mol. The Kier molecular flexibility index (Phi) is 1.91. The third-order valence-corrected chi connectivity index (χ3v) is 2.55. The second-order valence-corrected chi connectivity index (χ2v) is 3.25. The van der Waals surface area contributed by atoms with E-state index in [0.29, 0.717) is 12.0 Å². The Morgan fingerprint density at radius 1 is 1.62 bits per heavy atom. The van der Waals surface area contributed by atoms with Crippen molar-refractivity contribution in [3.05, 3.63) is 23.7 Å². The molecule has 1 aromatic rings. The Labute approximate surface area is 75.7 Å². The maximum Gasteiger partial charge on any atom is 0.188 e. The molecule has 2 rings (SSSR count). The van der Waals surface area contributed by atoms with E-state index < -0.39 is 11.9 Å². The summed E-state index contributed by atoms with van der Waals surface area (Å²) in [5.74, 6) is 0. The van der Waals surface area contributed by atoms with Gasteiger partial charge in [0.1, 0.15) is 5.60 Å². The van der Waals surface area contributed by atoms with Crippen molar-refractivity contribution in [1.29, 1.82) is 0 Å². The van der Waals surface area contributed by atoms with Gasteiger partial charge in [-0.05, 0) is 6.42 Å². The average molecular weight is 184 g/mol. The summed E-state index contributed by atoms with van der Waals surface area (Å²) in [7, 11) is 0. The Morgan fingerprint density at radius 2 is 2.38 bits per heavy atom. The van der Waals surface area contributed by atoms with E-state index in [9.17, 15) is 10.2 Å². The maximum absolute atomic E-state index is 10.1. The molecule has 72 valence electrons. The standard InChI is InChI=1S/C9H12O4/c1-2-9(11)7-5-12-3-6(7)4-13-8(9)10/h3,5,8,10-11H,2,4H2,1H3. The van der Waals surface area contributed by atoms with E-state index in [2.05, 4.69) is 0 Å². The van der Waals surface area contributed by atoms with Crippen LogP contribution in [0.4, 0.5) is 0 Å². The van der Waals surface area contributed by atoms with Gasteiger partial charge in [0.15, 0.2) is 6.29 Å². The molecule has 1 aliphatic heterocycles. The summed E-state index contributed by atoms with van der Waals surface area (Å²) in [5, 5.41) is 19.5. The van der Waals surface area contributed by atoms with Crippen LogP contribution in [0.2, 0.25) is 0 Å². The lowest BCUT2D eigenvalue weighted by Crippen LogP contribution is -2.43. The highest BCUT2D eigenvalue weighted by molar-refractivity contribution is 5.29. The van der Waals surface area contributed by atoms with Crippen molar-refractivity contribution in [2.75, 3.05) is 0 Å². The summed E-state index contributed by atoms with van der Waals surface area (Å²) in [6.45, 7) is 2.07. The molecule has 0 saturated carbocycles. The lowest BCUT2D eigenvalue weighted by atomic mass is 9.88. The van der Waals surface area contributed by atoms with E-state index in [0.717, 1.165) is 5.56 Å². The smallest absolute Gasteiger partial charge is 0.188 e. The molecule has 2 N–H and O–H groups in total. The highest BCUT2D eigenvalue weighted by Gasteiger charge is 2.42. The van der Waals surface area contributed by atoms with Gasteiger partial charge >= 0.3 is 0 Å². The van der Waals surface area contributed by atoms with E-state index in [4.69, 9.17) is 9.15 Å². The van der Waals surface area contributed by atoms with Gasteiger partial charge in [-0.3, -0.25) is 0 Å². The fraction of sp³-hybridized carbons (Fsp3) is 0.556. The number of fused-ring (bicyclic) bond motifs is 1. The molecule has 13 heavy (non-hydrogen) atoms. The van der Waals surface area contributed by atoms with E-state index in [1.54, 1.807) is 6.92 Å². The van der Waals surface area contributed by atoms with Crippen LogP contribution in [0.3, 0.4) is 0 Å². The molecule has 0 radical (unpaired) electrons. The van der Waals surface area contributed by atoms with Crippen molar-refractivity contribution in [3.8, 4) is 0 Å². The second kappa shape index (κ2) is 2.83. The van der Waals surface area contributed by atoms with Gasteiger partial charge in [0.05, 0.1) is 19.1 Å². The van der Waals surface area contributed by atoms with Crippen LogP contribution in [0.5, 0.6) is 0 Å². The number of aliphatic hydroxyl groups is 2. The minimum atomic E-state index is -1.32. The van der Waals surface area contributed by atoms with E-state index >= 15 is 0 Å². The van der Waals surface area contributed by atoms with Gasteiger partial charge in [-0.15, -0.1) is 0 Å². The van der Waals surface area contributed by atoms with E-state index in [-0.39, 0.29) is 6.61 Å². The summed E-state index contributed by atoms with van der Waals surface area (Å²) >= 11 is 0. The molecule has 1 aromatic heterocycles. The predicted octanol–water partition coefficient (Wildman–Crippen LogP) is 0.726. The zero-order chi connectivity index (χ0) is 9.47. The summed E-state index contributed by atoms with van der Waals surface area (Å²) in [4.78, 5) is 0. The molecule has 2 atom stereocenters. The van der Waals surface area contributed by atoms with Gasteiger partial charge in [0.2, 0.25) is 0 Å². The van der Waals surface area contributed by atoms with Crippen LogP contribution >= 0.6 is 0 Å². The van der Waals surface area contributed by atoms with Crippen LogP contribution in [0.15, 0.2) is 16.9 Å². The first-order valence-corrected chi connectivity index (χ1v) is 4.26. The second-order valence-electron chi connectivity index (χ2n) is 3.25. The normalized spacial score (nSPS) is 33.0. The third kappa shape index (κ3) is 1.10. The largest absolute Gasteiger partial charge is 0.472 e. The SMILES string of the molecule is CCC1(O)c2cocc2COC1O. The first kappa shape index (κ1) is 8.74. The van der Waals surface area contributed by atoms with Crippen molar-refractivity contribution in [1.82, 2.24) is 0 Å². The molecule has 0 spiro atoms. The molecule has 2 heterocycles. The van der Waals surface area contributed by atoms with Gasteiger partial charge < -0.3 is 19.4 Å². The van der Waals surface area contributed by atoms with Gasteiger partial charge in [-0.2, -0.15) is 0 Å². The van der Waals surface area contributed by atoms with Crippen molar-refractivity contribution < 1.29 is 19.4 Å². The Bertz CT molecular complexity index is 306. The Morgan fingerprint density at radius 3 is 3.08 bits per heavy atom. The molecule has 0 fully saturated rings. The number of furan rings is 1. The van der Waals surface area contributed by atoms with Gasteiger partial charge in [0, 0.05) is 11.1 Å². The van der Waals surface area contributed by atoms with Crippen molar-refractivity contribution in [2.45, 2.75) is 31.8 Å². The molecule has 0 amide bonds. The van der Waals surface area contributed by atoms with Crippen LogP contribution in [0.25, 0.3) is 0 Å². The highest BCUT2D eigenvalue weighted by Crippen LogP contribution is 2.37. The topological polar surface area (TPSA) is 62.8 Å². The fourth-order valence-corrected chi connectivity index (χ4v) is 1.62. The van der Waals surface area contributed by atoms with E-state index in [1.165, 1.54) is 12.5 Å². The van der Waals surface area contributed by atoms with Gasteiger partial charge in [-0.25, -0.2) is 0 Å². The van der Waals surface area contributed by atoms with Crippen molar-refractivity contribution in [2.24, 2.45) is 0 Å². The maximum atomic E-state index is 10.1. The number of rotatable bonds is 1. The summed E-state index contributed by atoms with van der Waals surface area (Å²) in [6, 6.07) is 0. The van der Waals surface area contributed by atoms with Crippen molar-refractivity contribution in [3.63, 3.8) is 0 Å². The number of aliphatic hydroxyl groups excluding tert-OH is 1. The third-order valence-electron chi connectivity index (χ3n) is 2.55. The molecule has 4 heteroatoms. The molecule has 0 aliphatic carbocycles. The number of hydrogen-bond acceptors (Lipinski definition) is 4. The summed E-state index contributed by atoms with van der Waals surface area (Å²) in [6.07, 6.45) is 2.22. The van der Waals surface area contributed by atoms with E-state index in [1.807, 2.05) is 0 Å². The van der Waals surface area contributed by atoms with Crippen LogP contribution in [-0.2, 0) is 16.9 Å². The van der Waals surface area contributed by atoms with Crippen LogP contribution in [0.1, 0.15) is 24.5 Å². The monoisotopic (exact) mass is 184 g/mol. The van der Waals surface area contributed by atoms with Gasteiger partial charge in [-0.1, -0.05) is 6.92 Å². The molecule has 1 aliphatic rings. The molecule has 0 aromatic carbocycles. The fourth-order valence-electron chi connectivity index (χ4n) is 1.62. The summed E-state index contributed by atoms with van der Waals surface area (Å²) in [5.41, 5.74) is 0.115. The minimum Gasteiger partial charge on any atom is -0.472 e. The molecular formula is C9H12O4. The molecule has 0 saturated heterocycles. The zero-order valence-corrected chi connectivity index (χ0v) is 7.36. The number of ether oxygens (including phenoxy) is 1.